The summed E-state index contributed by atoms with van der Waals surface area (Å²) in [6, 6.07) is 101. The van der Waals surface area contributed by atoms with E-state index in [1.54, 1.807) is 0 Å². The summed E-state index contributed by atoms with van der Waals surface area (Å²) < 4.78 is 8.84. The van der Waals surface area contributed by atoms with Gasteiger partial charge < -0.3 is 13.9 Å². The lowest BCUT2D eigenvalue weighted by atomic mass is 9.95. The standard InChI is InChI=1S/C70H46N2O/c1-2-22-60-50(14-1)15-12-26-61(60)54-19-9-16-51(44-54)47-32-38-56(39-33-47)71(57-40-34-48(35-41-57)52-17-10-20-55(45-52)62-27-13-28-66-65-25-5-8-31-69(65)73-70(62)66)58-42-36-49(37-43-58)53-18-11-21-59(46-53)72-67-29-6-3-23-63(67)64-24-4-7-30-68(64)72/h1-46H. The summed E-state index contributed by atoms with van der Waals surface area (Å²) >= 11 is 0. The Morgan fingerprint density at radius 3 is 1.32 bits per heavy atom. The van der Waals surface area contributed by atoms with Crippen LogP contribution < -0.4 is 4.90 Å². The van der Waals surface area contributed by atoms with Crippen molar-refractivity contribution >= 4 is 71.6 Å². The lowest BCUT2D eigenvalue weighted by Crippen LogP contribution is -2.09. The molecule has 0 aliphatic heterocycles. The maximum atomic E-state index is 6.45. The number of benzene rings is 12. The van der Waals surface area contributed by atoms with Gasteiger partial charge in [-0.15, -0.1) is 0 Å². The lowest BCUT2D eigenvalue weighted by Gasteiger charge is -2.26. The average molecular weight is 931 g/mol. The summed E-state index contributed by atoms with van der Waals surface area (Å²) in [6.07, 6.45) is 0. The molecule has 2 aromatic heterocycles. The van der Waals surface area contributed by atoms with Crippen LogP contribution in [-0.2, 0) is 0 Å². The molecule has 0 atom stereocenters. The zero-order valence-corrected chi connectivity index (χ0v) is 39.9. The van der Waals surface area contributed by atoms with E-state index in [0.29, 0.717) is 0 Å². The number of fused-ring (bicyclic) bond motifs is 7. The van der Waals surface area contributed by atoms with Crippen molar-refractivity contribution in [3.8, 4) is 61.3 Å². The summed E-state index contributed by atoms with van der Waals surface area (Å²) in [6.45, 7) is 0. The Morgan fingerprint density at radius 2 is 0.699 bits per heavy atom. The van der Waals surface area contributed by atoms with Gasteiger partial charge in [-0.05, 0) is 140 Å². The molecule has 342 valence electrons. The molecule has 0 unspecified atom stereocenters. The van der Waals surface area contributed by atoms with Crippen LogP contribution in [0.4, 0.5) is 17.1 Å². The molecule has 0 fully saturated rings. The van der Waals surface area contributed by atoms with Crippen molar-refractivity contribution in [2.45, 2.75) is 0 Å². The van der Waals surface area contributed by atoms with Crippen LogP contribution in [0.3, 0.4) is 0 Å². The van der Waals surface area contributed by atoms with Crippen LogP contribution in [0.15, 0.2) is 283 Å². The number of aromatic nitrogens is 1. The highest BCUT2D eigenvalue weighted by atomic mass is 16.3. The number of hydrogen-bond acceptors (Lipinski definition) is 2. The molecule has 0 amide bonds. The van der Waals surface area contributed by atoms with Crippen molar-refractivity contribution in [1.82, 2.24) is 4.57 Å². The molecule has 0 aliphatic carbocycles. The van der Waals surface area contributed by atoms with E-state index >= 15 is 0 Å². The smallest absolute Gasteiger partial charge is 0.143 e. The van der Waals surface area contributed by atoms with E-state index in [4.69, 9.17) is 4.42 Å². The Morgan fingerprint density at radius 1 is 0.274 bits per heavy atom. The minimum Gasteiger partial charge on any atom is -0.455 e. The highest BCUT2D eigenvalue weighted by Crippen LogP contribution is 2.41. The quantitative estimate of drug-likeness (QED) is 0.144. The maximum absolute atomic E-state index is 6.45. The van der Waals surface area contributed by atoms with Gasteiger partial charge in [0.25, 0.3) is 0 Å². The van der Waals surface area contributed by atoms with Crippen molar-refractivity contribution in [2.24, 2.45) is 0 Å². The third-order valence-electron chi connectivity index (χ3n) is 14.6. The van der Waals surface area contributed by atoms with Crippen LogP contribution >= 0.6 is 0 Å². The molecule has 73 heavy (non-hydrogen) atoms. The average Bonchev–Trinajstić information content (AvgIpc) is 4.02. The van der Waals surface area contributed by atoms with E-state index in [0.717, 1.165) is 83.6 Å². The van der Waals surface area contributed by atoms with E-state index in [1.807, 2.05) is 12.1 Å². The fourth-order valence-electron chi connectivity index (χ4n) is 11.1. The minimum atomic E-state index is 0.904. The first-order valence-electron chi connectivity index (χ1n) is 25.0. The first-order chi connectivity index (χ1) is 36.2. The molecule has 0 radical (unpaired) electrons. The second-order valence-corrected chi connectivity index (χ2v) is 18.9. The number of hydrogen-bond donors (Lipinski definition) is 0. The van der Waals surface area contributed by atoms with E-state index in [1.165, 1.54) is 49.3 Å². The Labute approximate surface area is 423 Å². The van der Waals surface area contributed by atoms with Crippen molar-refractivity contribution in [3.05, 3.63) is 279 Å². The molecule has 12 aromatic carbocycles. The number of para-hydroxylation sites is 4. The fourth-order valence-corrected chi connectivity index (χ4v) is 11.1. The third-order valence-corrected chi connectivity index (χ3v) is 14.6. The molecule has 0 N–H and O–H groups in total. The van der Waals surface area contributed by atoms with Gasteiger partial charge in [0.2, 0.25) is 0 Å². The Kier molecular flexibility index (Phi) is 10.2. The van der Waals surface area contributed by atoms with Crippen LogP contribution in [0, 0.1) is 0 Å². The van der Waals surface area contributed by atoms with Crippen molar-refractivity contribution < 1.29 is 4.42 Å². The Bertz CT molecular complexity index is 4310. The van der Waals surface area contributed by atoms with Gasteiger partial charge in [-0.1, -0.05) is 200 Å². The van der Waals surface area contributed by atoms with Gasteiger partial charge >= 0.3 is 0 Å². The summed E-state index contributed by atoms with van der Waals surface area (Å²) in [7, 11) is 0. The number of rotatable bonds is 9. The van der Waals surface area contributed by atoms with Gasteiger partial charge in [-0.3, -0.25) is 0 Å². The van der Waals surface area contributed by atoms with Crippen LogP contribution in [0.2, 0.25) is 0 Å². The highest BCUT2D eigenvalue weighted by molar-refractivity contribution is 6.10. The molecule has 14 rings (SSSR count). The Hall–Kier alpha value is -9.70. The second-order valence-electron chi connectivity index (χ2n) is 18.9. The van der Waals surface area contributed by atoms with Gasteiger partial charge in [0.1, 0.15) is 11.2 Å². The van der Waals surface area contributed by atoms with Crippen molar-refractivity contribution in [3.63, 3.8) is 0 Å². The summed E-state index contributed by atoms with van der Waals surface area (Å²) in [5, 5.41) is 7.28. The lowest BCUT2D eigenvalue weighted by molar-refractivity contribution is 0.670. The number of anilines is 3. The molecule has 0 saturated heterocycles. The molecule has 3 heteroatoms. The maximum Gasteiger partial charge on any atom is 0.143 e. The zero-order chi connectivity index (χ0) is 48.2. The minimum absolute atomic E-state index is 0.904. The van der Waals surface area contributed by atoms with Crippen molar-refractivity contribution in [2.75, 3.05) is 4.90 Å². The molecular formula is C70H46N2O. The van der Waals surface area contributed by atoms with Crippen LogP contribution in [0.5, 0.6) is 0 Å². The molecular weight excluding hydrogens is 885 g/mol. The van der Waals surface area contributed by atoms with Gasteiger partial charge in [0, 0.05) is 49.9 Å². The molecule has 0 saturated carbocycles. The molecule has 14 aromatic rings. The van der Waals surface area contributed by atoms with Crippen LogP contribution in [-0.4, -0.2) is 4.57 Å². The van der Waals surface area contributed by atoms with Gasteiger partial charge in [-0.25, -0.2) is 0 Å². The summed E-state index contributed by atoms with van der Waals surface area (Å²) in [5.74, 6) is 0. The van der Waals surface area contributed by atoms with Gasteiger partial charge in [0.05, 0.1) is 11.0 Å². The van der Waals surface area contributed by atoms with Crippen LogP contribution in [0.25, 0.3) is 116 Å². The number of nitrogens with zero attached hydrogens (tertiary/aromatic N) is 2. The largest absolute Gasteiger partial charge is 0.455 e. The number of furan rings is 1. The monoisotopic (exact) mass is 930 g/mol. The third kappa shape index (κ3) is 7.46. The predicted octanol–water partition coefficient (Wildman–Crippen LogP) is 19.6. The SMILES string of the molecule is c1cc(-c2ccc(N(c3ccc(-c4cccc(-c5cccc6c5oc5ccccc56)c4)cc3)c3ccc(-c4cccc(-n5c6ccccc6c6ccccc65)c4)cc3)cc2)cc(-c2cccc3ccccc23)c1. The van der Waals surface area contributed by atoms with E-state index in [9.17, 15) is 0 Å². The van der Waals surface area contributed by atoms with E-state index < -0.39 is 0 Å². The molecule has 0 bridgehead atoms. The second kappa shape index (κ2) is 17.6. The van der Waals surface area contributed by atoms with Crippen LogP contribution in [0.1, 0.15) is 0 Å². The first kappa shape index (κ1) is 42.2. The summed E-state index contributed by atoms with van der Waals surface area (Å²) in [5.41, 5.74) is 20.2. The summed E-state index contributed by atoms with van der Waals surface area (Å²) in [4.78, 5) is 2.36. The van der Waals surface area contributed by atoms with E-state index in [2.05, 4.69) is 276 Å². The van der Waals surface area contributed by atoms with Gasteiger partial charge in [-0.2, -0.15) is 0 Å². The normalized spacial score (nSPS) is 11.6. The van der Waals surface area contributed by atoms with E-state index in [-0.39, 0.29) is 0 Å². The highest BCUT2D eigenvalue weighted by Gasteiger charge is 2.17. The topological polar surface area (TPSA) is 21.3 Å². The Balaban J connectivity index is 0.822. The molecule has 0 aliphatic rings. The molecule has 3 nitrogen and oxygen atoms in total. The first-order valence-corrected chi connectivity index (χ1v) is 25.0. The van der Waals surface area contributed by atoms with Gasteiger partial charge in [0.15, 0.2) is 0 Å². The molecule has 2 heterocycles. The molecule has 0 spiro atoms. The zero-order valence-electron chi connectivity index (χ0n) is 39.9. The predicted molar refractivity (Wildman–Crippen MR) is 307 cm³/mol. The van der Waals surface area contributed by atoms with Crippen molar-refractivity contribution in [1.29, 1.82) is 0 Å². The fraction of sp³-hybridized carbons (Fsp3) is 0.